The molecule has 1 aromatic heterocycles. The highest BCUT2D eigenvalue weighted by molar-refractivity contribution is 5.79. The first-order valence-corrected chi connectivity index (χ1v) is 10.9. The van der Waals surface area contributed by atoms with E-state index < -0.39 is 11.7 Å². The van der Waals surface area contributed by atoms with E-state index in [1.807, 2.05) is 6.92 Å². The Morgan fingerprint density at radius 2 is 1.97 bits per heavy atom. The topological polar surface area (TPSA) is 67.1 Å². The quantitative estimate of drug-likeness (QED) is 0.510. The Bertz CT molecular complexity index is 874. The van der Waals surface area contributed by atoms with Crippen LogP contribution in [0.2, 0.25) is 0 Å². The highest BCUT2D eigenvalue weighted by Crippen LogP contribution is 2.31. The highest BCUT2D eigenvalue weighted by Gasteiger charge is 2.30. The summed E-state index contributed by atoms with van der Waals surface area (Å²) in [5.74, 6) is 2.75. The Balaban J connectivity index is 1.43. The summed E-state index contributed by atoms with van der Waals surface area (Å²) in [5.41, 5.74) is 0.0840. The zero-order chi connectivity index (χ0) is 22.3. The molecule has 1 atom stereocenters. The van der Waals surface area contributed by atoms with Gasteiger partial charge in [-0.25, -0.2) is 0 Å². The fourth-order valence-electron chi connectivity index (χ4n) is 3.84. The number of aromatic nitrogens is 3. The van der Waals surface area contributed by atoms with Gasteiger partial charge in [0, 0.05) is 39.5 Å². The second-order valence-corrected chi connectivity index (χ2v) is 7.98. The van der Waals surface area contributed by atoms with Gasteiger partial charge in [0.25, 0.3) is 0 Å². The van der Waals surface area contributed by atoms with Crippen LogP contribution in [0.25, 0.3) is 0 Å². The molecule has 9 heteroatoms. The number of rotatable bonds is 7. The molecule has 1 unspecified atom stereocenters. The molecule has 0 spiro atoms. The van der Waals surface area contributed by atoms with Crippen LogP contribution in [-0.4, -0.2) is 40.9 Å². The van der Waals surface area contributed by atoms with Crippen LogP contribution in [-0.2, 0) is 25.6 Å². The molecule has 0 amide bonds. The molecule has 170 valence electrons. The van der Waals surface area contributed by atoms with Gasteiger partial charge in [-0.1, -0.05) is 31.5 Å². The van der Waals surface area contributed by atoms with Crippen LogP contribution in [0.15, 0.2) is 29.3 Å². The van der Waals surface area contributed by atoms with Crippen molar-refractivity contribution < 1.29 is 13.2 Å². The van der Waals surface area contributed by atoms with E-state index in [2.05, 4.69) is 30.4 Å². The lowest BCUT2D eigenvalue weighted by Gasteiger charge is -2.16. The van der Waals surface area contributed by atoms with Gasteiger partial charge in [0.15, 0.2) is 5.96 Å². The Hall–Kier alpha value is -2.58. The summed E-state index contributed by atoms with van der Waals surface area (Å²) in [6.45, 7) is 4.21. The number of benzene rings is 1. The first-order chi connectivity index (χ1) is 14.9. The Morgan fingerprint density at radius 3 is 2.74 bits per heavy atom. The normalized spacial score (nSPS) is 15.8. The number of aryl methyl sites for hydroxylation is 1. The maximum atomic E-state index is 12.9. The summed E-state index contributed by atoms with van der Waals surface area (Å²) < 4.78 is 41.0. The van der Waals surface area contributed by atoms with Crippen LogP contribution in [0.4, 0.5) is 13.2 Å². The molecule has 2 heterocycles. The lowest BCUT2D eigenvalue weighted by molar-refractivity contribution is -0.137. The van der Waals surface area contributed by atoms with Gasteiger partial charge < -0.3 is 15.2 Å². The summed E-state index contributed by atoms with van der Waals surface area (Å²) in [7, 11) is 1.70. The van der Waals surface area contributed by atoms with Crippen LogP contribution >= 0.6 is 0 Å². The van der Waals surface area contributed by atoms with Gasteiger partial charge in [0.1, 0.15) is 11.6 Å². The predicted octanol–water partition coefficient (Wildman–Crippen LogP) is 3.92. The summed E-state index contributed by atoms with van der Waals surface area (Å²) in [5, 5.41) is 15.2. The van der Waals surface area contributed by atoms with E-state index in [0.717, 1.165) is 37.1 Å². The van der Waals surface area contributed by atoms with Crippen LogP contribution < -0.4 is 10.6 Å². The van der Waals surface area contributed by atoms with E-state index in [-0.39, 0.29) is 5.92 Å². The number of halogens is 3. The predicted molar refractivity (Wildman–Crippen MR) is 115 cm³/mol. The van der Waals surface area contributed by atoms with Gasteiger partial charge in [-0.2, -0.15) is 13.2 Å². The van der Waals surface area contributed by atoms with Crippen molar-refractivity contribution in [2.24, 2.45) is 4.99 Å². The van der Waals surface area contributed by atoms with Gasteiger partial charge in [-0.3, -0.25) is 4.99 Å². The number of alkyl halides is 3. The number of guanidine groups is 1. The molecule has 0 radical (unpaired) electrons. The fourth-order valence-corrected chi connectivity index (χ4v) is 3.84. The number of nitrogens with zero attached hydrogens (tertiary/aromatic N) is 4. The third-order valence-electron chi connectivity index (χ3n) is 5.70. The summed E-state index contributed by atoms with van der Waals surface area (Å²) in [6, 6.07) is 5.55. The van der Waals surface area contributed by atoms with E-state index in [9.17, 15) is 13.2 Å². The molecule has 0 saturated carbocycles. The summed E-state index contributed by atoms with van der Waals surface area (Å²) in [6.07, 6.45) is 1.70. The average Bonchev–Trinajstić information content (AvgIpc) is 2.98. The minimum Gasteiger partial charge on any atom is -0.356 e. The van der Waals surface area contributed by atoms with Crippen molar-refractivity contribution in [1.82, 2.24) is 25.4 Å². The molecule has 1 aliphatic heterocycles. The van der Waals surface area contributed by atoms with E-state index in [0.29, 0.717) is 31.0 Å². The largest absolute Gasteiger partial charge is 0.416 e. The van der Waals surface area contributed by atoms with Gasteiger partial charge >= 0.3 is 6.18 Å². The van der Waals surface area contributed by atoms with Crippen LogP contribution in [0.1, 0.15) is 61.3 Å². The molecule has 0 aliphatic carbocycles. The van der Waals surface area contributed by atoms with Gasteiger partial charge in [0.2, 0.25) is 0 Å². The Kier molecular flexibility index (Phi) is 7.92. The van der Waals surface area contributed by atoms with Crippen molar-refractivity contribution in [3.05, 3.63) is 47.0 Å². The van der Waals surface area contributed by atoms with Gasteiger partial charge in [-0.15, -0.1) is 10.2 Å². The second-order valence-electron chi connectivity index (χ2n) is 7.98. The molecule has 2 N–H and O–H groups in total. The van der Waals surface area contributed by atoms with E-state index in [4.69, 9.17) is 0 Å². The molecular weight excluding hydrogens is 405 g/mol. The molecule has 6 nitrogen and oxygen atoms in total. The van der Waals surface area contributed by atoms with E-state index in [1.165, 1.54) is 31.4 Å². The van der Waals surface area contributed by atoms with Crippen LogP contribution in [0, 0.1) is 0 Å². The molecule has 0 saturated heterocycles. The third kappa shape index (κ3) is 6.45. The number of fused-ring (bicyclic) bond motifs is 1. The van der Waals surface area contributed by atoms with E-state index >= 15 is 0 Å². The average molecular weight is 437 g/mol. The fraction of sp³-hybridized carbons (Fsp3) is 0.591. The maximum absolute atomic E-state index is 12.9. The first-order valence-electron chi connectivity index (χ1n) is 10.9. The van der Waals surface area contributed by atoms with Crippen molar-refractivity contribution in [1.29, 1.82) is 0 Å². The van der Waals surface area contributed by atoms with E-state index in [1.54, 1.807) is 13.1 Å². The Morgan fingerprint density at radius 1 is 1.16 bits per heavy atom. The van der Waals surface area contributed by atoms with Crippen molar-refractivity contribution in [3.63, 3.8) is 0 Å². The highest BCUT2D eigenvalue weighted by atomic mass is 19.4. The summed E-state index contributed by atoms with van der Waals surface area (Å²) >= 11 is 0. The molecule has 2 aromatic rings. The number of hydrogen-bond donors (Lipinski definition) is 2. The number of hydrogen-bond acceptors (Lipinski definition) is 3. The molecule has 1 aromatic carbocycles. The molecule has 3 rings (SSSR count). The van der Waals surface area contributed by atoms with Crippen molar-refractivity contribution >= 4 is 5.96 Å². The summed E-state index contributed by atoms with van der Waals surface area (Å²) in [4.78, 5) is 4.23. The zero-order valence-electron chi connectivity index (χ0n) is 18.2. The first kappa shape index (κ1) is 23.1. The Labute approximate surface area is 181 Å². The third-order valence-corrected chi connectivity index (χ3v) is 5.70. The van der Waals surface area contributed by atoms with Crippen LogP contribution in [0.5, 0.6) is 0 Å². The van der Waals surface area contributed by atoms with Gasteiger partial charge in [0.05, 0.1) is 5.56 Å². The van der Waals surface area contributed by atoms with Crippen LogP contribution in [0.3, 0.4) is 0 Å². The molecule has 31 heavy (non-hydrogen) atoms. The minimum atomic E-state index is -4.32. The SMILES string of the molecule is CN=C(NCCc1nnc2n1CCCCC2)NCCC(C)c1cccc(C(F)(F)F)c1. The molecule has 0 bridgehead atoms. The molecular formula is C22H31F3N6. The number of aliphatic imine (C=N–C) groups is 1. The lowest BCUT2D eigenvalue weighted by Crippen LogP contribution is -2.39. The second kappa shape index (κ2) is 10.6. The lowest BCUT2D eigenvalue weighted by atomic mass is 9.96. The maximum Gasteiger partial charge on any atom is 0.416 e. The smallest absolute Gasteiger partial charge is 0.356 e. The number of nitrogens with one attached hydrogen (secondary N) is 2. The van der Waals surface area contributed by atoms with Crippen molar-refractivity contribution in [2.75, 3.05) is 20.1 Å². The van der Waals surface area contributed by atoms with Gasteiger partial charge in [-0.05, 0) is 36.8 Å². The molecule has 0 fully saturated rings. The zero-order valence-corrected chi connectivity index (χ0v) is 18.2. The molecule has 1 aliphatic rings. The van der Waals surface area contributed by atoms with Crippen molar-refractivity contribution in [3.8, 4) is 0 Å². The van der Waals surface area contributed by atoms with Crippen molar-refractivity contribution in [2.45, 2.75) is 64.1 Å². The monoisotopic (exact) mass is 436 g/mol. The standard InChI is InChI=1S/C22H31F3N6/c1-16(17-7-6-8-18(15-17)22(23,24)25)10-12-27-21(26-2)28-13-11-20-30-29-19-9-4-3-5-14-31(19)20/h6-8,15-16H,3-5,9-14H2,1-2H3,(H2,26,27,28). The minimum absolute atomic E-state index is 0.000596.